The Morgan fingerprint density at radius 2 is 1.85 bits per heavy atom. The number of carbonyl (C=O) groups excluding carboxylic acids is 1. The van der Waals surface area contributed by atoms with Crippen molar-refractivity contribution in [2.75, 3.05) is 7.05 Å². The molecule has 0 fully saturated rings. The van der Waals surface area contributed by atoms with Gasteiger partial charge in [0.25, 0.3) is 10.0 Å². The fourth-order valence-electron chi connectivity index (χ4n) is 3.94. The molecule has 172 valence electrons. The number of aryl methyl sites for hydroxylation is 1. The maximum Gasteiger partial charge on any atom is 0.263 e. The third-order valence-electron chi connectivity index (χ3n) is 5.66. The molecule has 8 nitrogen and oxygen atoms in total. The van der Waals surface area contributed by atoms with E-state index in [1.54, 1.807) is 30.1 Å². The molecule has 9 heteroatoms. The standard InChI is InChI=1S/C24H27N5O3S/c1-4-5-12-20(27-23-18-11-7-9-14-21(18)33(31,32)28-23)24(30)29(3)15-22-25-16(2)17-10-6-8-13-19(17)26-22/h6-11,13-14,20H,4-5,12,15H2,1-3H3,(H,27,28). The molecule has 1 unspecified atom stereocenters. The number of amidine groups is 1. The van der Waals surface area contributed by atoms with Gasteiger partial charge in [-0.2, -0.15) is 0 Å². The number of rotatable bonds is 7. The van der Waals surface area contributed by atoms with Crippen molar-refractivity contribution in [1.29, 1.82) is 0 Å². The average molecular weight is 466 g/mol. The number of hydrogen-bond acceptors (Lipinski definition) is 6. The highest BCUT2D eigenvalue weighted by atomic mass is 32.2. The molecule has 0 aliphatic carbocycles. The summed E-state index contributed by atoms with van der Waals surface area (Å²) < 4.78 is 27.4. The van der Waals surface area contributed by atoms with Crippen LogP contribution in [-0.2, 0) is 21.4 Å². The molecule has 0 saturated carbocycles. The number of nitrogens with one attached hydrogen (secondary N) is 1. The third-order valence-corrected chi connectivity index (χ3v) is 7.06. The number of aromatic nitrogens is 2. The predicted molar refractivity (Wildman–Crippen MR) is 127 cm³/mol. The normalized spacial score (nSPS) is 16.4. The van der Waals surface area contributed by atoms with Crippen LogP contribution in [0.1, 0.15) is 43.3 Å². The molecule has 1 aromatic heterocycles. The van der Waals surface area contributed by atoms with Gasteiger partial charge in [-0.1, -0.05) is 50.1 Å². The SMILES string of the molecule is CCCCC(N=C1NS(=O)(=O)c2ccccc21)C(=O)N(C)Cc1nc(C)c2ccccc2n1. The molecule has 1 N–H and O–H groups in total. The quantitative estimate of drug-likeness (QED) is 0.577. The maximum absolute atomic E-state index is 13.3. The highest BCUT2D eigenvalue weighted by Crippen LogP contribution is 2.23. The highest BCUT2D eigenvalue weighted by Gasteiger charge is 2.32. The summed E-state index contributed by atoms with van der Waals surface area (Å²) in [6.45, 7) is 4.20. The molecule has 0 spiro atoms. The van der Waals surface area contributed by atoms with Crippen LogP contribution < -0.4 is 4.72 Å². The number of carbonyl (C=O) groups is 1. The summed E-state index contributed by atoms with van der Waals surface area (Å²) in [6.07, 6.45) is 2.21. The van der Waals surface area contributed by atoms with Crippen molar-refractivity contribution in [1.82, 2.24) is 19.6 Å². The number of sulfonamides is 1. The Labute approximate surface area is 193 Å². The van der Waals surface area contributed by atoms with Gasteiger partial charge in [0, 0.05) is 23.7 Å². The van der Waals surface area contributed by atoms with Crippen LogP contribution in [-0.4, -0.2) is 48.1 Å². The lowest BCUT2D eigenvalue weighted by molar-refractivity contribution is -0.132. The molecule has 1 aliphatic rings. The van der Waals surface area contributed by atoms with Crippen LogP contribution in [0.3, 0.4) is 0 Å². The van der Waals surface area contributed by atoms with E-state index in [4.69, 9.17) is 0 Å². The zero-order valence-corrected chi connectivity index (χ0v) is 19.8. The van der Waals surface area contributed by atoms with Crippen LogP contribution in [0, 0.1) is 6.92 Å². The smallest absolute Gasteiger partial charge is 0.263 e. The fraction of sp³-hybridized carbons (Fsp3) is 0.333. The van der Waals surface area contributed by atoms with E-state index in [9.17, 15) is 13.2 Å². The molecule has 1 aliphatic heterocycles. The average Bonchev–Trinajstić information content (AvgIpc) is 3.06. The Balaban J connectivity index is 1.60. The largest absolute Gasteiger partial charge is 0.336 e. The zero-order chi connectivity index (χ0) is 23.6. The van der Waals surface area contributed by atoms with Gasteiger partial charge in [0.1, 0.15) is 17.7 Å². The number of para-hydroxylation sites is 1. The van der Waals surface area contributed by atoms with Gasteiger partial charge in [-0.05, 0) is 31.5 Å². The van der Waals surface area contributed by atoms with Crippen molar-refractivity contribution >= 4 is 32.7 Å². The second-order valence-corrected chi connectivity index (χ2v) is 9.82. The van der Waals surface area contributed by atoms with Gasteiger partial charge < -0.3 is 4.90 Å². The van der Waals surface area contributed by atoms with Crippen LogP contribution in [0.4, 0.5) is 0 Å². The van der Waals surface area contributed by atoms with Gasteiger partial charge in [0.05, 0.1) is 17.0 Å². The van der Waals surface area contributed by atoms with E-state index in [2.05, 4.69) is 19.7 Å². The van der Waals surface area contributed by atoms with Crippen molar-refractivity contribution in [2.45, 2.75) is 50.6 Å². The number of likely N-dealkylation sites (N-methyl/N-ethyl adjacent to an activating group) is 1. The van der Waals surface area contributed by atoms with Crippen LogP contribution in [0.25, 0.3) is 10.9 Å². The van der Waals surface area contributed by atoms with E-state index in [1.165, 1.54) is 6.07 Å². The molecule has 4 rings (SSSR count). The second kappa shape index (κ2) is 9.27. The first-order chi connectivity index (χ1) is 15.8. The first-order valence-corrected chi connectivity index (χ1v) is 12.5. The maximum atomic E-state index is 13.3. The van der Waals surface area contributed by atoms with E-state index < -0.39 is 16.1 Å². The monoisotopic (exact) mass is 465 g/mol. The predicted octanol–water partition coefficient (Wildman–Crippen LogP) is 3.19. The van der Waals surface area contributed by atoms with Gasteiger partial charge in [-0.15, -0.1) is 0 Å². The van der Waals surface area contributed by atoms with E-state index in [1.807, 2.05) is 38.1 Å². The van der Waals surface area contributed by atoms with Gasteiger partial charge in [-0.3, -0.25) is 14.5 Å². The Morgan fingerprint density at radius 1 is 1.12 bits per heavy atom. The van der Waals surface area contributed by atoms with Gasteiger partial charge in [-0.25, -0.2) is 18.4 Å². The second-order valence-electron chi connectivity index (χ2n) is 8.17. The fourth-order valence-corrected chi connectivity index (χ4v) is 5.18. The number of aliphatic imine (C=N–C) groups is 1. The summed E-state index contributed by atoms with van der Waals surface area (Å²) in [5.41, 5.74) is 2.18. The lowest BCUT2D eigenvalue weighted by Crippen LogP contribution is -2.37. The third kappa shape index (κ3) is 4.73. The molecule has 1 atom stereocenters. The Bertz CT molecular complexity index is 1340. The van der Waals surface area contributed by atoms with E-state index in [0.717, 1.165) is 29.4 Å². The van der Waals surface area contributed by atoms with Crippen molar-refractivity contribution in [3.8, 4) is 0 Å². The molecule has 2 heterocycles. The van der Waals surface area contributed by atoms with E-state index in [-0.39, 0.29) is 23.2 Å². The number of hydrogen-bond donors (Lipinski definition) is 1. The molecular formula is C24H27N5O3S. The number of unbranched alkanes of at least 4 members (excludes halogenated alkanes) is 1. The molecule has 3 aromatic rings. The summed E-state index contributed by atoms with van der Waals surface area (Å²) in [6, 6.07) is 13.7. The number of fused-ring (bicyclic) bond motifs is 2. The summed E-state index contributed by atoms with van der Waals surface area (Å²) in [7, 11) is -1.97. The molecule has 0 radical (unpaired) electrons. The lowest BCUT2D eigenvalue weighted by atomic mass is 10.1. The molecule has 1 amide bonds. The molecule has 2 aromatic carbocycles. The number of nitrogens with zero attached hydrogens (tertiary/aromatic N) is 4. The Morgan fingerprint density at radius 3 is 2.64 bits per heavy atom. The van der Waals surface area contributed by atoms with E-state index >= 15 is 0 Å². The lowest BCUT2D eigenvalue weighted by Gasteiger charge is -2.21. The van der Waals surface area contributed by atoms with Crippen molar-refractivity contribution < 1.29 is 13.2 Å². The molecule has 0 saturated heterocycles. The van der Waals surface area contributed by atoms with Crippen LogP contribution in [0.5, 0.6) is 0 Å². The summed E-state index contributed by atoms with van der Waals surface area (Å²) in [4.78, 5) is 28.8. The van der Waals surface area contributed by atoms with Crippen LogP contribution >= 0.6 is 0 Å². The Kier molecular flexibility index (Phi) is 6.42. The summed E-state index contributed by atoms with van der Waals surface area (Å²) in [5.74, 6) is 0.566. The minimum Gasteiger partial charge on any atom is -0.336 e. The topological polar surface area (TPSA) is 105 Å². The zero-order valence-electron chi connectivity index (χ0n) is 18.9. The molecule has 33 heavy (non-hydrogen) atoms. The van der Waals surface area contributed by atoms with Crippen molar-refractivity contribution in [3.05, 3.63) is 65.6 Å². The van der Waals surface area contributed by atoms with Gasteiger partial charge >= 0.3 is 0 Å². The van der Waals surface area contributed by atoms with Crippen LogP contribution in [0.15, 0.2) is 58.4 Å². The number of amides is 1. The summed E-state index contributed by atoms with van der Waals surface area (Å²) >= 11 is 0. The summed E-state index contributed by atoms with van der Waals surface area (Å²) in [5, 5.41) is 0.981. The minimum absolute atomic E-state index is 0.179. The minimum atomic E-state index is -3.67. The molecule has 0 bridgehead atoms. The van der Waals surface area contributed by atoms with Gasteiger partial charge in [0.2, 0.25) is 5.91 Å². The first-order valence-electron chi connectivity index (χ1n) is 11.0. The highest BCUT2D eigenvalue weighted by molar-refractivity contribution is 7.90. The van der Waals surface area contributed by atoms with Crippen LogP contribution in [0.2, 0.25) is 0 Å². The Hall–Kier alpha value is -3.33. The van der Waals surface area contributed by atoms with Crippen molar-refractivity contribution in [3.63, 3.8) is 0 Å². The van der Waals surface area contributed by atoms with Crippen molar-refractivity contribution in [2.24, 2.45) is 4.99 Å². The number of benzene rings is 2. The molecular weight excluding hydrogens is 438 g/mol. The first kappa shape index (κ1) is 22.8. The van der Waals surface area contributed by atoms with Gasteiger partial charge in [0.15, 0.2) is 0 Å². The van der Waals surface area contributed by atoms with E-state index in [0.29, 0.717) is 17.8 Å².